The van der Waals surface area contributed by atoms with Gasteiger partial charge >= 0.3 is 0 Å². The second-order valence-electron chi connectivity index (χ2n) is 6.98. The maximum atomic E-state index is 12.7. The van der Waals surface area contributed by atoms with Crippen molar-refractivity contribution in [2.75, 3.05) is 50.7 Å². The Labute approximate surface area is 168 Å². The van der Waals surface area contributed by atoms with Crippen LogP contribution in [0.5, 0.6) is 0 Å². The average molecular weight is 379 g/mol. The van der Waals surface area contributed by atoms with E-state index in [4.69, 9.17) is 0 Å². The van der Waals surface area contributed by atoms with E-state index in [2.05, 4.69) is 52.9 Å². The van der Waals surface area contributed by atoms with Gasteiger partial charge in [-0.15, -0.1) is 0 Å². The van der Waals surface area contributed by atoms with E-state index in [1.54, 1.807) is 0 Å². The molecule has 3 rings (SSSR count). The lowest BCUT2D eigenvalue weighted by atomic mass is 10.2. The van der Waals surface area contributed by atoms with Crippen LogP contribution < -0.4 is 4.90 Å². The minimum Gasteiger partial charge on any atom is -0.371 e. The van der Waals surface area contributed by atoms with E-state index in [1.807, 2.05) is 41.4 Å². The van der Waals surface area contributed by atoms with E-state index in [0.29, 0.717) is 5.69 Å². The Morgan fingerprint density at radius 1 is 1.04 bits per heavy atom. The van der Waals surface area contributed by atoms with Crippen LogP contribution >= 0.6 is 0 Å². The second kappa shape index (κ2) is 10.0. The minimum absolute atomic E-state index is 0.0329. The van der Waals surface area contributed by atoms with Crippen molar-refractivity contribution in [2.45, 2.75) is 13.8 Å². The molecule has 1 aromatic heterocycles. The van der Waals surface area contributed by atoms with Crippen molar-refractivity contribution < 1.29 is 4.79 Å². The lowest BCUT2D eigenvalue weighted by Crippen LogP contribution is -2.48. The molecule has 1 fully saturated rings. The summed E-state index contributed by atoms with van der Waals surface area (Å²) in [5, 5.41) is 0. The first-order chi connectivity index (χ1) is 13.7. The highest BCUT2D eigenvalue weighted by atomic mass is 16.2. The summed E-state index contributed by atoms with van der Waals surface area (Å²) in [5.41, 5.74) is 2.82. The van der Waals surface area contributed by atoms with Gasteiger partial charge in [0.1, 0.15) is 5.69 Å². The predicted octanol–water partition coefficient (Wildman–Crippen LogP) is 3.40. The standard InChI is InChI=1S/C23H30N4O/c1-3-26(4-2)21-12-13-22(24-19-21)23(28)27-17-15-25(16-18-27)14-8-11-20-9-6-5-7-10-20/h5-13,19H,3-4,14-18H2,1-2H3/b11-8+. The zero-order valence-corrected chi connectivity index (χ0v) is 16.9. The first kappa shape index (κ1) is 20.1. The maximum absolute atomic E-state index is 12.7. The molecule has 0 saturated carbocycles. The molecule has 1 aliphatic heterocycles. The highest BCUT2D eigenvalue weighted by Crippen LogP contribution is 2.14. The van der Waals surface area contributed by atoms with Gasteiger partial charge in [0, 0.05) is 45.8 Å². The van der Waals surface area contributed by atoms with Crippen LogP contribution in [0.3, 0.4) is 0 Å². The van der Waals surface area contributed by atoms with E-state index < -0.39 is 0 Å². The van der Waals surface area contributed by atoms with Crippen LogP contribution in [0.1, 0.15) is 29.9 Å². The smallest absolute Gasteiger partial charge is 0.272 e. The van der Waals surface area contributed by atoms with E-state index in [0.717, 1.165) is 51.5 Å². The number of carbonyl (C=O) groups excluding carboxylic acids is 1. The molecule has 1 aliphatic rings. The zero-order chi connectivity index (χ0) is 19.8. The normalized spacial score (nSPS) is 15.1. The lowest BCUT2D eigenvalue weighted by Gasteiger charge is -2.34. The molecule has 1 amide bonds. The summed E-state index contributed by atoms with van der Waals surface area (Å²) in [4.78, 5) is 23.7. The summed E-state index contributed by atoms with van der Waals surface area (Å²) in [5.74, 6) is 0.0329. The van der Waals surface area contributed by atoms with Gasteiger partial charge in [-0.1, -0.05) is 42.5 Å². The van der Waals surface area contributed by atoms with Gasteiger partial charge in [-0.25, -0.2) is 4.98 Å². The molecule has 0 N–H and O–H groups in total. The number of carbonyl (C=O) groups is 1. The van der Waals surface area contributed by atoms with Crippen LogP contribution in [0.2, 0.25) is 0 Å². The fourth-order valence-corrected chi connectivity index (χ4v) is 3.49. The van der Waals surface area contributed by atoms with Gasteiger partial charge in [-0.05, 0) is 31.5 Å². The van der Waals surface area contributed by atoms with Gasteiger partial charge in [0.05, 0.1) is 11.9 Å². The summed E-state index contributed by atoms with van der Waals surface area (Å²) in [6.45, 7) is 10.3. The summed E-state index contributed by atoms with van der Waals surface area (Å²) < 4.78 is 0. The highest BCUT2D eigenvalue weighted by Gasteiger charge is 2.22. The van der Waals surface area contributed by atoms with Crippen LogP contribution in [-0.2, 0) is 0 Å². The molecule has 5 nitrogen and oxygen atoms in total. The Bertz CT molecular complexity index is 761. The molecule has 5 heteroatoms. The SMILES string of the molecule is CCN(CC)c1ccc(C(=O)N2CCN(C/C=C/c3ccccc3)CC2)nc1. The van der Waals surface area contributed by atoms with Gasteiger partial charge in [-0.2, -0.15) is 0 Å². The third kappa shape index (κ3) is 5.20. The highest BCUT2D eigenvalue weighted by molar-refractivity contribution is 5.92. The molecule has 2 aromatic rings. The molecule has 0 bridgehead atoms. The van der Waals surface area contributed by atoms with E-state index >= 15 is 0 Å². The molecule has 28 heavy (non-hydrogen) atoms. The van der Waals surface area contributed by atoms with Gasteiger partial charge in [0.2, 0.25) is 0 Å². The number of rotatable bonds is 7. The molecular weight excluding hydrogens is 348 g/mol. The summed E-state index contributed by atoms with van der Waals surface area (Å²) in [6, 6.07) is 14.2. The Morgan fingerprint density at radius 3 is 2.36 bits per heavy atom. The number of benzene rings is 1. The van der Waals surface area contributed by atoms with Crippen LogP contribution in [0.4, 0.5) is 5.69 Å². The number of nitrogens with zero attached hydrogens (tertiary/aromatic N) is 4. The van der Waals surface area contributed by atoms with Crippen LogP contribution in [-0.4, -0.2) is 66.5 Å². The Hall–Kier alpha value is -2.66. The fourth-order valence-electron chi connectivity index (χ4n) is 3.49. The van der Waals surface area contributed by atoms with Crippen LogP contribution in [0.15, 0.2) is 54.7 Å². The van der Waals surface area contributed by atoms with Crippen LogP contribution in [0.25, 0.3) is 6.08 Å². The van der Waals surface area contributed by atoms with Crippen molar-refractivity contribution in [1.82, 2.24) is 14.8 Å². The molecule has 1 aromatic carbocycles. The number of piperazine rings is 1. The van der Waals surface area contributed by atoms with Gasteiger partial charge < -0.3 is 9.80 Å². The second-order valence-corrected chi connectivity index (χ2v) is 6.98. The van der Waals surface area contributed by atoms with Crippen molar-refractivity contribution in [1.29, 1.82) is 0 Å². The van der Waals surface area contributed by atoms with Gasteiger partial charge in [0.15, 0.2) is 0 Å². The third-order valence-electron chi connectivity index (χ3n) is 5.23. The Balaban J connectivity index is 1.49. The van der Waals surface area contributed by atoms with E-state index in [-0.39, 0.29) is 5.91 Å². The number of anilines is 1. The number of aromatic nitrogens is 1. The van der Waals surface area contributed by atoms with E-state index in [1.165, 1.54) is 5.56 Å². The monoisotopic (exact) mass is 378 g/mol. The third-order valence-corrected chi connectivity index (χ3v) is 5.23. The predicted molar refractivity (Wildman–Crippen MR) is 116 cm³/mol. The fraction of sp³-hybridized carbons (Fsp3) is 0.391. The largest absolute Gasteiger partial charge is 0.371 e. The Morgan fingerprint density at radius 2 is 1.75 bits per heavy atom. The van der Waals surface area contributed by atoms with E-state index in [9.17, 15) is 4.79 Å². The molecule has 0 atom stereocenters. The molecule has 2 heterocycles. The molecular formula is C23H30N4O. The van der Waals surface area contributed by atoms with Crippen molar-refractivity contribution in [2.24, 2.45) is 0 Å². The van der Waals surface area contributed by atoms with Crippen molar-refractivity contribution in [3.63, 3.8) is 0 Å². The Kier molecular flexibility index (Phi) is 7.20. The number of pyridine rings is 1. The molecule has 0 spiro atoms. The topological polar surface area (TPSA) is 39.7 Å². The van der Waals surface area contributed by atoms with Crippen molar-refractivity contribution >= 4 is 17.7 Å². The minimum atomic E-state index is 0.0329. The molecule has 0 unspecified atom stereocenters. The number of hydrogen-bond acceptors (Lipinski definition) is 4. The summed E-state index contributed by atoms with van der Waals surface area (Å²) >= 11 is 0. The summed E-state index contributed by atoms with van der Waals surface area (Å²) in [7, 11) is 0. The molecule has 0 radical (unpaired) electrons. The maximum Gasteiger partial charge on any atom is 0.272 e. The first-order valence-corrected chi connectivity index (χ1v) is 10.2. The summed E-state index contributed by atoms with van der Waals surface area (Å²) in [6.07, 6.45) is 6.16. The van der Waals surface area contributed by atoms with Gasteiger partial charge in [-0.3, -0.25) is 9.69 Å². The van der Waals surface area contributed by atoms with Crippen molar-refractivity contribution in [3.05, 3.63) is 66.0 Å². The van der Waals surface area contributed by atoms with Crippen LogP contribution in [0, 0.1) is 0 Å². The van der Waals surface area contributed by atoms with Gasteiger partial charge in [0.25, 0.3) is 5.91 Å². The molecule has 148 valence electrons. The zero-order valence-electron chi connectivity index (χ0n) is 16.9. The molecule has 0 aliphatic carbocycles. The lowest BCUT2D eigenvalue weighted by molar-refractivity contribution is 0.0644. The number of hydrogen-bond donors (Lipinski definition) is 0. The quantitative estimate of drug-likeness (QED) is 0.740. The number of amides is 1. The first-order valence-electron chi connectivity index (χ1n) is 10.2. The van der Waals surface area contributed by atoms with Crippen molar-refractivity contribution in [3.8, 4) is 0 Å². The average Bonchev–Trinajstić information content (AvgIpc) is 2.76. The molecule has 1 saturated heterocycles.